The lowest BCUT2D eigenvalue weighted by Crippen LogP contribution is -2.05. The zero-order valence-electron chi connectivity index (χ0n) is 13.1. The van der Waals surface area contributed by atoms with E-state index in [9.17, 15) is 4.39 Å². The van der Waals surface area contributed by atoms with Crippen LogP contribution in [-0.4, -0.2) is 24.7 Å². The first-order valence-electron chi connectivity index (χ1n) is 7.57. The third-order valence-corrected chi connectivity index (χ3v) is 3.76. The molecule has 0 saturated heterocycles. The summed E-state index contributed by atoms with van der Waals surface area (Å²) >= 11 is 0. The van der Waals surface area contributed by atoms with Crippen LogP contribution < -0.4 is 11.5 Å². The van der Waals surface area contributed by atoms with Crippen molar-refractivity contribution in [3.8, 4) is 11.5 Å². The topological polar surface area (TPSA) is 109 Å². The van der Waals surface area contributed by atoms with Gasteiger partial charge in [0, 0.05) is 17.8 Å². The normalized spacial score (nSPS) is 11.1. The molecular weight excluding hydrogens is 321 g/mol. The maximum absolute atomic E-state index is 14.0. The number of nitrogens with two attached hydrogens (primary N) is 2. The van der Waals surface area contributed by atoms with Crippen LogP contribution in [0.2, 0.25) is 0 Å². The third-order valence-electron chi connectivity index (χ3n) is 3.76. The fraction of sp³-hybridized carbons (Fsp3) is 0.0588. The molecule has 0 amide bonds. The van der Waals surface area contributed by atoms with E-state index in [4.69, 9.17) is 11.5 Å². The van der Waals surface area contributed by atoms with Gasteiger partial charge in [0.25, 0.3) is 0 Å². The summed E-state index contributed by atoms with van der Waals surface area (Å²) in [6.45, 7) is 0.234. The number of rotatable bonds is 3. The van der Waals surface area contributed by atoms with Crippen LogP contribution in [-0.2, 0) is 6.54 Å². The number of nitrogen functional groups attached to an aromatic ring is 2. The molecule has 0 spiro atoms. The minimum atomic E-state index is -0.298. The molecule has 0 aliphatic rings. The molecule has 0 fully saturated rings. The quantitative estimate of drug-likeness (QED) is 0.594. The van der Waals surface area contributed by atoms with Crippen molar-refractivity contribution in [2.45, 2.75) is 6.54 Å². The van der Waals surface area contributed by atoms with Gasteiger partial charge in [0.05, 0.1) is 11.9 Å². The van der Waals surface area contributed by atoms with Gasteiger partial charge in [-0.05, 0) is 18.2 Å². The smallest absolute Gasteiger partial charge is 0.184 e. The van der Waals surface area contributed by atoms with E-state index in [1.54, 1.807) is 35.1 Å². The van der Waals surface area contributed by atoms with Gasteiger partial charge in [0.2, 0.25) is 0 Å². The molecule has 4 rings (SSSR count). The van der Waals surface area contributed by atoms with Gasteiger partial charge < -0.3 is 11.5 Å². The summed E-state index contributed by atoms with van der Waals surface area (Å²) < 4.78 is 15.6. The van der Waals surface area contributed by atoms with Gasteiger partial charge in [-0.2, -0.15) is 5.10 Å². The Bertz CT molecular complexity index is 1050. The summed E-state index contributed by atoms with van der Waals surface area (Å²) in [5.41, 5.74) is 13.1. The number of pyridine rings is 1. The summed E-state index contributed by atoms with van der Waals surface area (Å²) in [4.78, 5) is 12.8. The standard InChI is InChI=1S/C17H14FN7/c18-12-6-2-1-4-10(12)9-25-17-11(5-3-7-21-17)15(24-25)16-22-13(19)8-14(20)23-16/h1-8H,9H2,(H4,19,20,22,23). The highest BCUT2D eigenvalue weighted by molar-refractivity contribution is 5.89. The lowest BCUT2D eigenvalue weighted by atomic mass is 10.2. The highest BCUT2D eigenvalue weighted by atomic mass is 19.1. The molecule has 124 valence electrons. The van der Waals surface area contributed by atoms with Crippen LogP contribution in [0.5, 0.6) is 0 Å². The molecule has 3 aromatic heterocycles. The number of fused-ring (bicyclic) bond motifs is 1. The van der Waals surface area contributed by atoms with E-state index in [-0.39, 0.29) is 24.0 Å². The summed E-state index contributed by atoms with van der Waals surface area (Å²) in [6.07, 6.45) is 1.65. The number of nitrogens with zero attached hydrogens (tertiary/aromatic N) is 5. The lowest BCUT2D eigenvalue weighted by molar-refractivity contribution is 0.589. The van der Waals surface area contributed by atoms with Crippen LogP contribution >= 0.6 is 0 Å². The molecule has 0 saturated carbocycles. The van der Waals surface area contributed by atoms with Gasteiger partial charge in [0.1, 0.15) is 23.1 Å². The Balaban J connectivity index is 1.88. The molecule has 0 aliphatic heterocycles. The number of anilines is 2. The van der Waals surface area contributed by atoms with Crippen molar-refractivity contribution in [2.75, 3.05) is 11.5 Å². The number of halogens is 1. The molecule has 0 unspecified atom stereocenters. The molecule has 7 nitrogen and oxygen atoms in total. The minimum absolute atomic E-state index is 0.234. The molecule has 3 heterocycles. The molecule has 25 heavy (non-hydrogen) atoms. The first-order chi connectivity index (χ1) is 12.1. The molecule has 4 aromatic rings. The Hall–Kier alpha value is -3.55. The van der Waals surface area contributed by atoms with Crippen molar-refractivity contribution in [2.24, 2.45) is 0 Å². The molecule has 0 bridgehead atoms. The number of aromatic nitrogens is 5. The average Bonchev–Trinajstić information content (AvgIpc) is 2.95. The third kappa shape index (κ3) is 2.74. The minimum Gasteiger partial charge on any atom is -0.384 e. The second-order valence-electron chi connectivity index (χ2n) is 5.51. The summed E-state index contributed by atoms with van der Waals surface area (Å²) in [5, 5.41) is 5.27. The molecule has 0 atom stereocenters. The van der Waals surface area contributed by atoms with Crippen LogP contribution in [0.1, 0.15) is 5.56 Å². The van der Waals surface area contributed by atoms with Crippen LogP contribution in [0.25, 0.3) is 22.6 Å². The molecule has 0 radical (unpaired) electrons. The summed E-state index contributed by atoms with van der Waals surface area (Å²) in [6, 6.07) is 11.7. The van der Waals surface area contributed by atoms with Gasteiger partial charge in [-0.25, -0.2) is 24.0 Å². The van der Waals surface area contributed by atoms with Crippen LogP contribution in [0, 0.1) is 5.82 Å². The molecule has 1 aromatic carbocycles. The Kier molecular flexibility index (Phi) is 3.50. The fourth-order valence-electron chi connectivity index (χ4n) is 2.66. The predicted molar refractivity (Wildman–Crippen MR) is 92.9 cm³/mol. The first-order valence-corrected chi connectivity index (χ1v) is 7.57. The fourth-order valence-corrected chi connectivity index (χ4v) is 2.66. The van der Waals surface area contributed by atoms with Crippen molar-refractivity contribution in [1.82, 2.24) is 24.7 Å². The van der Waals surface area contributed by atoms with Gasteiger partial charge in [-0.15, -0.1) is 0 Å². The number of benzene rings is 1. The Morgan fingerprint density at radius 2 is 1.76 bits per heavy atom. The van der Waals surface area contributed by atoms with Gasteiger partial charge in [-0.1, -0.05) is 18.2 Å². The van der Waals surface area contributed by atoms with Crippen LogP contribution in [0.15, 0.2) is 48.7 Å². The maximum Gasteiger partial charge on any atom is 0.184 e. The molecule has 8 heteroatoms. The van der Waals surface area contributed by atoms with Gasteiger partial charge in [-0.3, -0.25) is 0 Å². The van der Waals surface area contributed by atoms with E-state index in [0.717, 1.165) is 5.39 Å². The maximum atomic E-state index is 14.0. The number of hydrogen-bond donors (Lipinski definition) is 2. The molecule has 0 aliphatic carbocycles. The molecule has 4 N–H and O–H groups in total. The summed E-state index contributed by atoms with van der Waals surface area (Å²) in [5.74, 6) is 0.516. The van der Waals surface area contributed by atoms with E-state index in [1.807, 2.05) is 6.07 Å². The van der Waals surface area contributed by atoms with E-state index in [0.29, 0.717) is 22.7 Å². The van der Waals surface area contributed by atoms with Crippen molar-refractivity contribution < 1.29 is 4.39 Å². The average molecular weight is 335 g/mol. The van der Waals surface area contributed by atoms with E-state index in [2.05, 4.69) is 20.1 Å². The Morgan fingerprint density at radius 3 is 2.52 bits per heavy atom. The van der Waals surface area contributed by atoms with Crippen LogP contribution in [0.3, 0.4) is 0 Å². The van der Waals surface area contributed by atoms with E-state index in [1.165, 1.54) is 12.1 Å². The van der Waals surface area contributed by atoms with E-state index >= 15 is 0 Å². The van der Waals surface area contributed by atoms with Crippen molar-refractivity contribution in [3.63, 3.8) is 0 Å². The monoisotopic (exact) mass is 335 g/mol. The predicted octanol–water partition coefficient (Wildman–Crippen LogP) is 2.24. The zero-order chi connectivity index (χ0) is 17.4. The van der Waals surface area contributed by atoms with Crippen molar-refractivity contribution in [1.29, 1.82) is 0 Å². The van der Waals surface area contributed by atoms with Crippen molar-refractivity contribution >= 4 is 22.7 Å². The second-order valence-corrected chi connectivity index (χ2v) is 5.51. The Labute approximate surface area is 142 Å². The van der Waals surface area contributed by atoms with Gasteiger partial charge >= 0.3 is 0 Å². The summed E-state index contributed by atoms with van der Waals surface area (Å²) in [7, 11) is 0. The SMILES string of the molecule is Nc1cc(N)nc(-c2nn(Cc3ccccc3F)c3ncccc23)n1. The molecular formula is C17H14FN7. The highest BCUT2D eigenvalue weighted by Crippen LogP contribution is 2.26. The zero-order valence-corrected chi connectivity index (χ0v) is 13.1. The van der Waals surface area contributed by atoms with Crippen LogP contribution in [0.4, 0.5) is 16.0 Å². The second kappa shape index (κ2) is 5.82. The van der Waals surface area contributed by atoms with E-state index < -0.39 is 0 Å². The highest BCUT2D eigenvalue weighted by Gasteiger charge is 2.17. The number of hydrogen-bond acceptors (Lipinski definition) is 6. The lowest BCUT2D eigenvalue weighted by Gasteiger charge is -2.04. The van der Waals surface area contributed by atoms with Crippen molar-refractivity contribution in [3.05, 3.63) is 60.0 Å². The van der Waals surface area contributed by atoms with Gasteiger partial charge in [0.15, 0.2) is 11.5 Å². The Morgan fingerprint density at radius 1 is 1.00 bits per heavy atom. The largest absolute Gasteiger partial charge is 0.384 e. The first kappa shape index (κ1) is 15.0.